The minimum Gasteiger partial charge on any atom is -0.395 e. The van der Waals surface area contributed by atoms with E-state index in [1.165, 1.54) is 6.33 Å². The van der Waals surface area contributed by atoms with Crippen LogP contribution in [0.25, 0.3) is 11.0 Å². The van der Waals surface area contributed by atoms with E-state index >= 15 is 0 Å². The van der Waals surface area contributed by atoms with Gasteiger partial charge in [-0.3, -0.25) is 4.90 Å². The SMILES string of the molecule is COC(C)(C)O[C@@H]1[C@H](C)[C@@H](CN2CC(F)(F)CCC2CO)O[C@H]1n1ccc2c(N)ncnc21. The Kier molecular flexibility index (Phi) is 6.62. The number of alkyl halides is 2. The number of halogens is 2. The van der Waals surface area contributed by atoms with Gasteiger partial charge in [0.1, 0.15) is 23.9 Å². The molecule has 2 aliphatic rings. The average molecular weight is 470 g/mol. The predicted octanol–water partition coefficient (Wildman–Crippen LogP) is 2.41. The molecule has 0 bridgehead atoms. The largest absolute Gasteiger partial charge is 0.395 e. The molecule has 2 saturated heterocycles. The van der Waals surface area contributed by atoms with Crippen LogP contribution >= 0.6 is 0 Å². The van der Waals surface area contributed by atoms with Crippen LogP contribution in [0, 0.1) is 5.92 Å². The number of fused-ring (bicyclic) bond motifs is 1. The van der Waals surface area contributed by atoms with Crippen LogP contribution in [0.4, 0.5) is 14.6 Å². The topological polar surface area (TPSA) is 108 Å². The van der Waals surface area contributed by atoms with Gasteiger partial charge in [0.15, 0.2) is 12.0 Å². The molecule has 0 radical (unpaired) electrons. The number of ether oxygens (including phenoxy) is 3. The fourth-order valence-corrected chi connectivity index (χ4v) is 4.74. The summed E-state index contributed by atoms with van der Waals surface area (Å²) in [6, 6.07) is 1.49. The van der Waals surface area contributed by atoms with Crippen LogP contribution in [-0.2, 0) is 14.2 Å². The second-order valence-corrected chi connectivity index (χ2v) is 9.49. The van der Waals surface area contributed by atoms with Crippen molar-refractivity contribution in [3.05, 3.63) is 18.6 Å². The number of hydrogen-bond donors (Lipinski definition) is 2. The van der Waals surface area contributed by atoms with Crippen molar-refractivity contribution >= 4 is 16.9 Å². The fraction of sp³-hybridized carbons (Fsp3) is 0.727. The number of piperidine rings is 1. The van der Waals surface area contributed by atoms with E-state index in [1.807, 2.05) is 37.6 Å². The second kappa shape index (κ2) is 9.03. The lowest BCUT2D eigenvalue weighted by molar-refractivity contribution is -0.242. The molecule has 33 heavy (non-hydrogen) atoms. The van der Waals surface area contributed by atoms with E-state index in [1.54, 1.807) is 12.0 Å². The molecule has 2 aromatic rings. The van der Waals surface area contributed by atoms with E-state index in [4.69, 9.17) is 19.9 Å². The molecule has 2 aromatic heterocycles. The maximum Gasteiger partial charge on any atom is 0.260 e. The summed E-state index contributed by atoms with van der Waals surface area (Å²) in [5, 5.41) is 10.4. The number of aliphatic hydroxyl groups is 1. The van der Waals surface area contributed by atoms with E-state index in [-0.39, 0.29) is 38.0 Å². The van der Waals surface area contributed by atoms with Gasteiger partial charge in [-0.25, -0.2) is 18.7 Å². The Morgan fingerprint density at radius 3 is 2.82 bits per heavy atom. The highest BCUT2D eigenvalue weighted by molar-refractivity contribution is 5.86. The fourth-order valence-electron chi connectivity index (χ4n) is 4.74. The highest BCUT2D eigenvalue weighted by Crippen LogP contribution is 2.41. The number of nitrogens with zero attached hydrogens (tertiary/aromatic N) is 4. The maximum atomic E-state index is 14.2. The number of methoxy groups -OCH3 is 1. The third kappa shape index (κ3) is 4.83. The maximum absolute atomic E-state index is 14.2. The first-order chi connectivity index (χ1) is 15.5. The molecule has 2 aliphatic heterocycles. The Hall–Kier alpha value is -1.92. The van der Waals surface area contributed by atoms with Gasteiger partial charge < -0.3 is 29.6 Å². The van der Waals surface area contributed by atoms with Gasteiger partial charge in [0, 0.05) is 38.2 Å². The number of nitrogens with two attached hydrogens (primary N) is 1. The molecule has 5 atom stereocenters. The number of likely N-dealkylation sites (tertiary alicyclic amines) is 1. The molecule has 2 fully saturated rings. The number of aromatic nitrogens is 3. The van der Waals surface area contributed by atoms with Crippen molar-refractivity contribution < 1.29 is 28.1 Å². The van der Waals surface area contributed by atoms with E-state index in [0.29, 0.717) is 16.9 Å². The van der Waals surface area contributed by atoms with Crippen molar-refractivity contribution in [2.24, 2.45) is 5.92 Å². The minimum atomic E-state index is -2.79. The predicted molar refractivity (Wildman–Crippen MR) is 118 cm³/mol. The molecular formula is C22H33F2N5O4. The normalized spacial score (nSPS) is 30.8. The highest BCUT2D eigenvalue weighted by atomic mass is 19.3. The number of rotatable bonds is 7. The number of hydrogen-bond acceptors (Lipinski definition) is 8. The van der Waals surface area contributed by atoms with E-state index in [9.17, 15) is 13.9 Å². The molecule has 4 rings (SSSR count). The zero-order valence-corrected chi connectivity index (χ0v) is 19.4. The smallest absolute Gasteiger partial charge is 0.260 e. The first kappa shape index (κ1) is 24.2. The lowest BCUT2D eigenvalue weighted by Crippen LogP contribution is -2.53. The zero-order valence-electron chi connectivity index (χ0n) is 19.4. The lowest BCUT2D eigenvalue weighted by Gasteiger charge is -2.40. The van der Waals surface area contributed by atoms with Crippen LogP contribution in [-0.4, -0.2) is 81.3 Å². The quantitative estimate of drug-likeness (QED) is 0.596. The van der Waals surface area contributed by atoms with Crippen molar-refractivity contribution in [2.45, 2.75) is 69.8 Å². The molecule has 0 aromatic carbocycles. The summed E-state index contributed by atoms with van der Waals surface area (Å²) in [7, 11) is 1.56. The van der Waals surface area contributed by atoms with Crippen molar-refractivity contribution in [2.75, 3.05) is 32.5 Å². The average Bonchev–Trinajstić information content (AvgIpc) is 3.31. The molecule has 9 nitrogen and oxygen atoms in total. The van der Waals surface area contributed by atoms with Crippen LogP contribution in [0.2, 0.25) is 0 Å². The van der Waals surface area contributed by atoms with E-state index < -0.39 is 36.7 Å². The van der Waals surface area contributed by atoms with Gasteiger partial charge in [-0.2, -0.15) is 0 Å². The van der Waals surface area contributed by atoms with Crippen LogP contribution < -0.4 is 5.73 Å². The molecule has 0 spiro atoms. The molecule has 1 unspecified atom stereocenters. The third-order valence-corrected chi connectivity index (χ3v) is 6.84. The standard InChI is InChI=1S/C22H33F2N5O4/c1-13-16(9-28-11-22(23,24)7-5-14(28)10-30)32-20(17(13)33-21(2,3)31-4)29-8-6-15-18(25)26-12-27-19(15)29/h6,8,12-14,16-17,20,30H,5,7,9-11H2,1-4H3,(H2,25,26,27)/t13-,14?,16-,17-,20-/m1/s1. The molecule has 3 N–H and O–H groups in total. The highest BCUT2D eigenvalue weighted by Gasteiger charge is 2.49. The summed E-state index contributed by atoms with van der Waals surface area (Å²) in [6.07, 6.45) is 1.79. The van der Waals surface area contributed by atoms with Crippen LogP contribution in [0.3, 0.4) is 0 Å². The summed E-state index contributed by atoms with van der Waals surface area (Å²) >= 11 is 0. The molecule has 184 valence electrons. The van der Waals surface area contributed by atoms with Crippen molar-refractivity contribution in [1.29, 1.82) is 0 Å². The van der Waals surface area contributed by atoms with Gasteiger partial charge in [-0.05, 0) is 26.3 Å². The van der Waals surface area contributed by atoms with E-state index in [0.717, 1.165) is 0 Å². The number of nitrogen functional groups attached to an aromatic ring is 1. The summed E-state index contributed by atoms with van der Waals surface area (Å²) in [5.41, 5.74) is 6.60. The summed E-state index contributed by atoms with van der Waals surface area (Å²) in [5.74, 6) is -3.47. The first-order valence-electron chi connectivity index (χ1n) is 11.2. The van der Waals surface area contributed by atoms with E-state index in [2.05, 4.69) is 9.97 Å². The summed E-state index contributed by atoms with van der Waals surface area (Å²) in [4.78, 5) is 10.0. The molecule has 0 aliphatic carbocycles. The van der Waals surface area contributed by atoms with Crippen molar-refractivity contribution in [1.82, 2.24) is 19.4 Å². The zero-order chi connectivity index (χ0) is 24.0. The lowest BCUT2D eigenvalue weighted by atomic mass is 9.95. The number of aliphatic hydroxyl groups excluding tert-OH is 1. The summed E-state index contributed by atoms with van der Waals surface area (Å²) < 4.78 is 48.4. The monoisotopic (exact) mass is 469 g/mol. The van der Waals surface area contributed by atoms with Gasteiger partial charge >= 0.3 is 0 Å². The van der Waals surface area contributed by atoms with Gasteiger partial charge in [0.05, 0.1) is 24.6 Å². The van der Waals surface area contributed by atoms with Crippen LogP contribution in [0.1, 0.15) is 39.8 Å². The molecule has 0 saturated carbocycles. The van der Waals surface area contributed by atoms with Crippen LogP contribution in [0.5, 0.6) is 0 Å². The van der Waals surface area contributed by atoms with Gasteiger partial charge in [-0.1, -0.05) is 6.92 Å². The molecular weight excluding hydrogens is 436 g/mol. The molecule has 0 amide bonds. The Morgan fingerprint density at radius 1 is 1.36 bits per heavy atom. The Bertz CT molecular complexity index is 971. The van der Waals surface area contributed by atoms with Crippen molar-refractivity contribution in [3.63, 3.8) is 0 Å². The minimum absolute atomic E-state index is 0.157. The number of anilines is 1. The third-order valence-electron chi connectivity index (χ3n) is 6.84. The molecule has 11 heteroatoms. The summed E-state index contributed by atoms with van der Waals surface area (Å²) in [6.45, 7) is 5.28. The van der Waals surface area contributed by atoms with Gasteiger partial charge in [0.2, 0.25) is 0 Å². The van der Waals surface area contributed by atoms with Crippen molar-refractivity contribution in [3.8, 4) is 0 Å². The van der Waals surface area contributed by atoms with Crippen LogP contribution in [0.15, 0.2) is 18.6 Å². The van der Waals surface area contributed by atoms with Gasteiger partial charge in [-0.15, -0.1) is 0 Å². The Labute approximate surface area is 191 Å². The molecule has 4 heterocycles. The van der Waals surface area contributed by atoms with Gasteiger partial charge in [0.25, 0.3) is 5.92 Å². The second-order valence-electron chi connectivity index (χ2n) is 9.49. The Morgan fingerprint density at radius 2 is 2.12 bits per heavy atom. The Balaban J connectivity index is 1.64. The first-order valence-corrected chi connectivity index (χ1v) is 11.2.